The third-order valence-electron chi connectivity index (χ3n) is 8.56. The quantitative estimate of drug-likeness (QED) is 0.502. The number of methoxy groups -OCH3 is 1. The van der Waals surface area contributed by atoms with Gasteiger partial charge in [-0.25, -0.2) is 23.5 Å². The molecular weight excluding hydrogens is 522 g/mol. The first kappa shape index (κ1) is 25.2. The number of hydrogen-bond donors (Lipinski definition) is 1. The van der Waals surface area contributed by atoms with Gasteiger partial charge in [-0.05, 0) is 60.4 Å². The van der Waals surface area contributed by atoms with Crippen LogP contribution in [-0.2, 0) is 16.1 Å². The highest BCUT2D eigenvalue weighted by Crippen LogP contribution is 2.60. The first-order valence-electron chi connectivity index (χ1n) is 12.6. The van der Waals surface area contributed by atoms with E-state index >= 15 is 0 Å². The zero-order valence-electron chi connectivity index (χ0n) is 21.6. The Morgan fingerprint density at radius 1 is 1.08 bits per heavy atom. The summed E-state index contributed by atoms with van der Waals surface area (Å²) in [5.74, 6) is -1.91. The Morgan fingerprint density at radius 2 is 1.79 bits per heavy atom. The highest BCUT2D eigenvalue weighted by Gasteiger charge is 2.59. The van der Waals surface area contributed by atoms with Gasteiger partial charge in [0.15, 0.2) is 23.1 Å². The van der Waals surface area contributed by atoms with Crippen LogP contribution in [0.3, 0.4) is 0 Å². The topological polar surface area (TPSA) is 113 Å². The van der Waals surface area contributed by atoms with Gasteiger partial charge < -0.3 is 9.84 Å². The van der Waals surface area contributed by atoms with E-state index in [0.717, 1.165) is 10.1 Å². The largest absolute Gasteiger partial charge is 0.503 e. The molecule has 2 aromatic carbocycles. The van der Waals surface area contributed by atoms with Gasteiger partial charge >= 0.3 is 11.4 Å². The van der Waals surface area contributed by atoms with E-state index in [9.17, 15) is 24.3 Å². The van der Waals surface area contributed by atoms with Crippen LogP contribution in [0.25, 0.3) is 5.69 Å². The minimum absolute atomic E-state index is 0.0358. The number of ketones is 2. The van der Waals surface area contributed by atoms with Crippen LogP contribution in [0.2, 0.25) is 5.02 Å². The number of carbonyl (C=O) groups excluding carboxylic acids is 2. The summed E-state index contributed by atoms with van der Waals surface area (Å²) in [4.78, 5) is 54.6. The molecule has 1 fully saturated rings. The summed E-state index contributed by atoms with van der Waals surface area (Å²) >= 11 is 6.38. The third-order valence-corrected chi connectivity index (χ3v) is 8.85. The number of carbonyl (C=O) groups is 2. The number of phenolic OH excluding ortho intramolecular Hbond substituents is 1. The number of ether oxygens (including phenoxy) is 1. The molecule has 0 bridgehead atoms. The molecule has 4 atom stereocenters. The Labute approximate surface area is 228 Å². The molecule has 39 heavy (non-hydrogen) atoms. The maximum atomic E-state index is 13.8. The summed E-state index contributed by atoms with van der Waals surface area (Å²) in [7, 11) is 1.40. The Balaban J connectivity index is 1.61. The van der Waals surface area contributed by atoms with Gasteiger partial charge in [0, 0.05) is 11.8 Å². The van der Waals surface area contributed by atoms with Crippen molar-refractivity contribution < 1.29 is 19.4 Å². The molecule has 200 valence electrons. The molecule has 1 aromatic heterocycles. The second-order valence-corrected chi connectivity index (χ2v) is 10.9. The monoisotopic (exact) mass is 547 g/mol. The van der Waals surface area contributed by atoms with E-state index in [2.05, 4.69) is 0 Å². The molecule has 2 heterocycles. The van der Waals surface area contributed by atoms with Crippen molar-refractivity contribution in [2.45, 2.75) is 38.8 Å². The van der Waals surface area contributed by atoms with Crippen LogP contribution in [0.15, 0.2) is 75.4 Å². The van der Waals surface area contributed by atoms with Gasteiger partial charge in [-0.2, -0.15) is 0 Å². The lowest BCUT2D eigenvalue weighted by Gasteiger charge is -2.52. The molecule has 9 nitrogen and oxygen atoms in total. The van der Waals surface area contributed by atoms with Gasteiger partial charge in [-0.1, -0.05) is 42.8 Å². The number of para-hydroxylation sites is 1. The normalized spacial score (nSPS) is 25.8. The fraction of sp³-hybridized carbons (Fsp3) is 0.310. The average Bonchev–Trinajstić information content (AvgIpc) is 3.18. The molecule has 0 saturated heterocycles. The number of aromatic nitrogens is 3. The number of phenols is 1. The Kier molecular flexibility index (Phi) is 5.62. The number of allylic oxidation sites excluding steroid dienone is 4. The molecule has 1 saturated carbocycles. The van der Waals surface area contributed by atoms with Crippen molar-refractivity contribution in [3.63, 3.8) is 0 Å². The fourth-order valence-electron chi connectivity index (χ4n) is 6.64. The van der Waals surface area contributed by atoms with E-state index in [1.807, 2.05) is 6.08 Å². The maximum Gasteiger partial charge on any atom is 0.352 e. The van der Waals surface area contributed by atoms with E-state index < -0.39 is 34.7 Å². The second-order valence-electron chi connectivity index (χ2n) is 10.5. The molecule has 0 amide bonds. The molecule has 0 spiro atoms. The van der Waals surface area contributed by atoms with Crippen LogP contribution in [0, 0.1) is 11.3 Å². The van der Waals surface area contributed by atoms with Gasteiger partial charge in [0.05, 0.1) is 35.8 Å². The number of benzene rings is 2. The Morgan fingerprint density at radius 3 is 2.49 bits per heavy atom. The van der Waals surface area contributed by atoms with Crippen molar-refractivity contribution >= 4 is 23.2 Å². The highest BCUT2D eigenvalue weighted by atomic mass is 35.5. The van der Waals surface area contributed by atoms with Crippen molar-refractivity contribution in [1.29, 1.82) is 0 Å². The molecule has 1 N–H and O–H groups in total. The van der Waals surface area contributed by atoms with Crippen LogP contribution in [-0.4, -0.2) is 37.7 Å². The second kappa shape index (κ2) is 8.71. The molecule has 0 radical (unpaired) electrons. The Hall–Kier alpha value is -4.11. The summed E-state index contributed by atoms with van der Waals surface area (Å²) in [6.45, 7) is 3.50. The number of aromatic hydroxyl groups is 1. The van der Waals surface area contributed by atoms with Gasteiger partial charge in [-0.15, -0.1) is 0 Å². The minimum atomic E-state index is -1.18. The predicted octanol–water partition coefficient (Wildman–Crippen LogP) is 3.56. The third kappa shape index (κ3) is 3.39. The number of fused-ring (bicyclic) bond motifs is 4. The van der Waals surface area contributed by atoms with Crippen LogP contribution in [0.5, 0.6) is 11.5 Å². The number of Topliss-reactive ketones (excluding diaryl/α,β-unsaturated/α-hetero) is 1. The van der Waals surface area contributed by atoms with Gasteiger partial charge in [0.25, 0.3) is 0 Å². The van der Waals surface area contributed by atoms with Crippen LogP contribution in [0.4, 0.5) is 0 Å². The van der Waals surface area contributed by atoms with Gasteiger partial charge in [0.1, 0.15) is 0 Å². The molecule has 0 unspecified atom stereocenters. The number of nitrogens with zero attached hydrogens (tertiary/aromatic N) is 3. The Bertz CT molecular complexity index is 1740. The van der Waals surface area contributed by atoms with E-state index in [0.29, 0.717) is 16.8 Å². The fourth-order valence-corrected chi connectivity index (χ4v) is 6.86. The van der Waals surface area contributed by atoms with Crippen LogP contribution in [0.1, 0.15) is 37.8 Å². The minimum Gasteiger partial charge on any atom is -0.503 e. The summed E-state index contributed by atoms with van der Waals surface area (Å²) in [6, 6.07) is 11.2. The average molecular weight is 548 g/mol. The lowest BCUT2D eigenvalue weighted by molar-refractivity contribution is -0.139. The summed E-state index contributed by atoms with van der Waals surface area (Å²) in [5.41, 5.74) is -0.0818. The number of hydrogen-bond acceptors (Lipinski definition) is 6. The van der Waals surface area contributed by atoms with Crippen LogP contribution < -0.4 is 16.1 Å². The molecule has 1 aliphatic heterocycles. The predicted molar refractivity (Wildman–Crippen MR) is 144 cm³/mol. The summed E-state index contributed by atoms with van der Waals surface area (Å²) < 4.78 is 9.27. The summed E-state index contributed by atoms with van der Waals surface area (Å²) in [6.07, 6.45) is 3.43. The lowest BCUT2D eigenvalue weighted by Crippen LogP contribution is -2.54. The van der Waals surface area contributed by atoms with Crippen molar-refractivity contribution in [3.8, 4) is 17.2 Å². The molecule has 3 aromatic rings. The summed E-state index contributed by atoms with van der Waals surface area (Å²) in [5, 5.41) is 10.4. The maximum absolute atomic E-state index is 13.8. The van der Waals surface area contributed by atoms with Crippen molar-refractivity contribution in [1.82, 2.24) is 13.9 Å². The van der Waals surface area contributed by atoms with E-state index in [4.69, 9.17) is 16.3 Å². The lowest BCUT2D eigenvalue weighted by atomic mass is 9.51. The van der Waals surface area contributed by atoms with Gasteiger partial charge in [-0.3, -0.25) is 9.59 Å². The highest BCUT2D eigenvalue weighted by molar-refractivity contribution is 6.32. The van der Waals surface area contributed by atoms with Crippen molar-refractivity contribution in [3.05, 3.63) is 97.3 Å². The van der Waals surface area contributed by atoms with Crippen molar-refractivity contribution in [2.24, 2.45) is 11.3 Å². The van der Waals surface area contributed by atoms with Crippen LogP contribution >= 0.6 is 11.6 Å². The van der Waals surface area contributed by atoms with Crippen molar-refractivity contribution in [2.75, 3.05) is 7.11 Å². The number of halogens is 1. The molecular formula is C29H26ClN3O6. The number of rotatable bonds is 3. The zero-order valence-corrected chi connectivity index (χ0v) is 22.3. The molecule has 10 heteroatoms. The first-order chi connectivity index (χ1) is 18.6. The van der Waals surface area contributed by atoms with E-state index in [1.54, 1.807) is 56.3 Å². The SMILES string of the molecule is COc1cc([C@H]2C3=CCn4c(=O)n(-c5ccccc5)c(=O)n4[C@@H]3C[C@H]3C(=O)C(C)=CC(=O)[C@@]23C)cc(Cl)c1O. The zero-order chi connectivity index (χ0) is 27.8. The molecule has 3 aliphatic rings. The molecule has 6 rings (SSSR count). The standard InChI is InChI=1S/C29H26ClN3O6/c1-15-11-23(34)29(2)19(25(15)35)14-21-18(24(29)16-12-20(30)26(36)22(13-16)39-3)9-10-31-27(37)32(28(38)33(21)31)17-7-5-4-6-8-17/h4-9,11-13,19,21,24,36H,10,14H2,1-3H3/t19-,21+,24-,29-/m0/s1. The van der Waals surface area contributed by atoms with E-state index in [1.165, 1.54) is 22.5 Å². The van der Waals surface area contributed by atoms with E-state index in [-0.39, 0.29) is 41.1 Å². The smallest absolute Gasteiger partial charge is 0.352 e. The first-order valence-corrected chi connectivity index (χ1v) is 13.0. The van der Waals surface area contributed by atoms with Gasteiger partial charge in [0.2, 0.25) is 0 Å². The molecule has 2 aliphatic carbocycles.